The molecular weight excluding hydrogens is 380 g/mol. The van der Waals surface area contributed by atoms with Gasteiger partial charge < -0.3 is 4.74 Å². The number of nitro benzene ring substituents is 1. The first-order valence-electron chi connectivity index (χ1n) is 7.28. The Bertz CT molecular complexity index is 948. The van der Waals surface area contributed by atoms with Crippen LogP contribution in [-0.2, 0) is 11.3 Å². The Morgan fingerprint density at radius 1 is 1.23 bits per heavy atom. The van der Waals surface area contributed by atoms with Crippen LogP contribution < -0.4 is 5.32 Å². The van der Waals surface area contributed by atoms with Gasteiger partial charge in [0.25, 0.3) is 5.69 Å². The normalized spacial score (nSPS) is 10.3. The minimum absolute atomic E-state index is 0.114. The maximum Gasteiger partial charge on any atom is 0.413 e. The predicted molar refractivity (Wildman–Crippen MR) is 97.3 cm³/mol. The lowest BCUT2D eigenvalue weighted by molar-refractivity contribution is -0.384. The van der Waals surface area contributed by atoms with Crippen LogP contribution in [0.3, 0.4) is 0 Å². The molecule has 3 aromatic rings. The van der Waals surface area contributed by atoms with E-state index in [-0.39, 0.29) is 17.4 Å². The smallest absolute Gasteiger partial charge is 0.413 e. The number of aromatic nitrogens is 2. The largest absolute Gasteiger partial charge is 0.444 e. The van der Waals surface area contributed by atoms with Crippen molar-refractivity contribution in [2.24, 2.45) is 0 Å². The van der Waals surface area contributed by atoms with Crippen molar-refractivity contribution in [2.45, 2.75) is 6.61 Å². The highest BCUT2D eigenvalue weighted by atomic mass is 35.5. The lowest BCUT2D eigenvalue weighted by Crippen LogP contribution is -2.13. The van der Waals surface area contributed by atoms with Gasteiger partial charge in [0.15, 0.2) is 5.01 Å². The molecule has 0 atom stereocenters. The molecule has 0 spiro atoms. The Kier molecular flexibility index (Phi) is 5.40. The van der Waals surface area contributed by atoms with Crippen LogP contribution >= 0.6 is 22.9 Å². The first-order valence-corrected chi connectivity index (χ1v) is 8.48. The second-order valence-corrected chi connectivity index (χ2v) is 6.41. The monoisotopic (exact) mass is 390 g/mol. The summed E-state index contributed by atoms with van der Waals surface area (Å²) in [5.74, 6) is 0. The van der Waals surface area contributed by atoms with Crippen molar-refractivity contribution in [1.29, 1.82) is 0 Å². The van der Waals surface area contributed by atoms with E-state index in [4.69, 9.17) is 16.3 Å². The average molecular weight is 391 g/mol. The van der Waals surface area contributed by atoms with E-state index in [2.05, 4.69) is 15.5 Å². The lowest BCUT2D eigenvalue weighted by Gasteiger charge is -2.04. The summed E-state index contributed by atoms with van der Waals surface area (Å²) < 4.78 is 5.09. The zero-order valence-electron chi connectivity index (χ0n) is 13.1. The minimum atomic E-state index is -0.679. The van der Waals surface area contributed by atoms with Gasteiger partial charge in [0.1, 0.15) is 6.61 Å². The maximum absolute atomic E-state index is 11.8. The second-order valence-electron chi connectivity index (χ2n) is 5.02. The fourth-order valence-corrected chi connectivity index (χ4v) is 3.04. The van der Waals surface area contributed by atoms with Crippen molar-refractivity contribution < 1.29 is 14.5 Å². The predicted octanol–water partition coefficient (Wildman–Crippen LogP) is 4.52. The summed E-state index contributed by atoms with van der Waals surface area (Å²) in [4.78, 5) is 22.2. The summed E-state index contributed by atoms with van der Waals surface area (Å²) in [6.07, 6.45) is -0.679. The zero-order chi connectivity index (χ0) is 18.5. The number of amides is 1. The van der Waals surface area contributed by atoms with Crippen molar-refractivity contribution in [3.63, 3.8) is 0 Å². The molecule has 26 heavy (non-hydrogen) atoms. The van der Waals surface area contributed by atoms with Gasteiger partial charge in [-0.3, -0.25) is 15.4 Å². The van der Waals surface area contributed by atoms with Crippen LogP contribution in [-0.4, -0.2) is 21.2 Å². The van der Waals surface area contributed by atoms with Gasteiger partial charge in [-0.2, -0.15) is 0 Å². The summed E-state index contributed by atoms with van der Waals surface area (Å²) in [6.45, 7) is 0.120. The number of nitro groups is 1. The molecule has 0 radical (unpaired) electrons. The van der Waals surface area contributed by atoms with Crippen LogP contribution in [0.2, 0.25) is 5.02 Å². The molecule has 0 saturated carbocycles. The third-order valence-corrected chi connectivity index (χ3v) is 4.44. The number of hydrogen-bond donors (Lipinski definition) is 1. The summed E-state index contributed by atoms with van der Waals surface area (Å²) in [5, 5.41) is 21.9. The van der Waals surface area contributed by atoms with E-state index >= 15 is 0 Å². The van der Waals surface area contributed by atoms with Gasteiger partial charge >= 0.3 is 6.09 Å². The highest BCUT2D eigenvalue weighted by molar-refractivity contribution is 7.18. The quantitative estimate of drug-likeness (QED) is 0.507. The van der Waals surface area contributed by atoms with Gasteiger partial charge in [0, 0.05) is 17.7 Å². The SMILES string of the molecule is O=C(Nc1nnc(-c2cc([N+](=O)[O-])ccc2Cl)s1)OCc1ccccc1. The number of rotatable bonds is 5. The number of nitrogens with one attached hydrogen (secondary N) is 1. The molecule has 2 aromatic carbocycles. The molecule has 10 heteroatoms. The van der Waals surface area contributed by atoms with E-state index in [0.717, 1.165) is 16.9 Å². The zero-order valence-corrected chi connectivity index (χ0v) is 14.7. The van der Waals surface area contributed by atoms with Crippen molar-refractivity contribution in [2.75, 3.05) is 5.32 Å². The molecule has 0 aliphatic heterocycles. The average Bonchev–Trinajstić information content (AvgIpc) is 3.09. The Labute approximate surface area is 156 Å². The molecule has 0 unspecified atom stereocenters. The molecule has 0 aliphatic rings. The summed E-state index contributed by atoms with van der Waals surface area (Å²) >= 11 is 7.10. The highest BCUT2D eigenvalue weighted by Gasteiger charge is 2.16. The van der Waals surface area contributed by atoms with Crippen LogP contribution in [0.5, 0.6) is 0 Å². The first-order chi connectivity index (χ1) is 12.5. The van der Waals surface area contributed by atoms with Crippen LogP contribution in [0.15, 0.2) is 48.5 Å². The molecule has 1 heterocycles. The number of non-ortho nitro benzene ring substituents is 1. The molecular formula is C16H11ClN4O4S. The number of anilines is 1. The second kappa shape index (κ2) is 7.89. The Hall–Kier alpha value is -3.04. The van der Waals surface area contributed by atoms with Crippen LogP contribution in [0.25, 0.3) is 10.6 Å². The van der Waals surface area contributed by atoms with Gasteiger partial charge in [-0.1, -0.05) is 53.3 Å². The van der Waals surface area contributed by atoms with Crippen LogP contribution in [0, 0.1) is 10.1 Å². The van der Waals surface area contributed by atoms with Crippen molar-refractivity contribution in [3.05, 3.63) is 69.2 Å². The number of carbonyl (C=O) groups is 1. The van der Waals surface area contributed by atoms with E-state index in [1.165, 1.54) is 18.2 Å². The number of ether oxygens (including phenoxy) is 1. The summed E-state index contributed by atoms with van der Waals surface area (Å²) in [7, 11) is 0. The molecule has 1 amide bonds. The molecule has 0 saturated heterocycles. The fraction of sp³-hybridized carbons (Fsp3) is 0.0625. The van der Waals surface area contributed by atoms with Gasteiger partial charge in [-0.05, 0) is 11.6 Å². The molecule has 0 fully saturated rings. The lowest BCUT2D eigenvalue weighted by atomic mass is 10.2. The molecule has 8 nitrogen and oxygen atoms in total. The minimum Gasteiger partial charge on any atom is -0.444 e. The van der Waals surface area contributed by atoms with Crippen molar-refractivity contribution >= 4 is 39.8 Å². The summed E-state index contributed by atoms with van der Waals surface area (Å²) in [5.41, 5.74) is 1.10. The van der Waals surface area contributed by atoms with Crippen molar-refractivity contribution in [1.82, 2.24) is 10.2 Å². The third-order valence-electron chi connectivity index (χ3n) is 3.24. The Morgan fingerprint density at radius 2 is 2.00 bits per heavy atom. The highest BCUT2D eigenvalue weighted by Crippen LogP contribution is 2.34. The maximum atomic E-state index is 11.8. The molecule has 3 rings (SSSR count). The number of hydrogen-bond acceptors (Lipinski definition) is 7. The van der Waals surface area contributed by atoms with E-state index < -0.39 is 11.0 Å². The third kappa shape index (κ3) is 4.32. The van der Waals surface area contributed by atoms with E-state index in [0.29, 0.717) is 15.6 Å². The van der Waals surface area contributed by atoms with Gasteiger partial charge in [-0.15, -0.1) is 10.2 Å². The number of halogens is 1. The molecule has 132 valence electrons. The van der Waals surface area contributed by atoms with Gasteiger partial charge in [-0.25, -0.2) is 4.79 Å². The molecule has 1 N–H and O–H groups in total. The molecule has 0 aliphatic carbocycles. The van der Waals surface area contributed by atoms with Crippen LogP contribution in [0.4, 0.5) is 15.6 Å². The Balaban J connectivity index is 1.67. The first kappa shape index (κ1) is 17.8. The van der Waals surface area contributed by atoms with Crippen molar-refractivity contribution in [3.8, 4) is 10.6 Å². The molecule has 1 aromatic heterocycles. The standard InChI is InChI=1S/C16H11ClN4O4S/c17-13-7-6-11(21(23)24)8-12(13)14-19-20-15(26-14)18-16(22)25-9-10-4-2-1-3-5-10/h1-8H,9H2,(H,18,20,22). The Morgan fingerprint density at radius 3 is 2.73 bits per heavy atom. The number of benzene rings is 2. The fourth-order valence-electron chi connectivity index (χ4n) is 2.02. The van der Waals surface area contributed by atoms with E-state index in [1.54, 1.807) is 0 Å². The van der Waals surface area contributed by atoms with Gasteiger partial charge in [0.2, 0.25) is 5.13 Å². The van der Waals surface area contributed by atoms with E-state index in [9.17, 15) is 14.9 Å². The van der Waals surface area contributed by atoms with Crippen LogP contribution in [0.1, 0.15) is 5.56 Å². The topological polar surface area (TPSA) is 107 Å². The number of carbonyl (C=O) groups excluding carboxylic acids is 1. The van der Waals surface area contributed by atoms with Gasteiger partial charge in [0.05, 0.1) is 9.95 Å². The number of nitrogens with zero attached hydrogens (tertiary/aromatic N) is 3. The molecule has 0 bridgehead atoms. The summed E-state index contributed by atoms with van der Waals surface area (Å²) in [6, 6.07) is 13.2. The van der Waals surface area contributed by atoms with E-state index in [1.807, 2.05) is 30.3 Å².